The van der Waals surface area contributed by atoms with Crippen LogP contribution < -0.4 is 9.47 Å². The van der Waals surface area contributed by atoms with Gasteiger partial charge in [0.25, 0.3) is 0 Å². The van der Waals surface area contributed by atoms with Crippen molar-refractivity contribution in [1.29, 1.82) is 0 Å². The van der Waals surface area contributed by atoms with Gasteiger partial charge in [0, 0.05) is 0 Å². The number of carboxylic acid groups (broad SMARTS) is 1. The predicted octanol–water partition coefficient (Wildman–Crippen LogP) is 6.73. The Morgan fingerprint density at radius 1 is 0.906 bits per heavy atom. The van der Waals surface area contributed by atoms with E-state index in [0.717, 1.165) is 36.8 Å². The average molecular weight is 570 g/mol. The molecule has 2 aromatic rings. The van der Waals surface area contributed by atoms with Crippen LogP contribution >= 0.6 is 31.9 Å². The van der Waals surface area contributed by atoms with E-state index in [1.165, 1.54) is 21.3 Å². The third-order valence-corrected chi connectivity index (χ3v) is 6.09. The van der Waals surface area contributed by atoms with Gasteiger partial charge in [0.1, 0.15) is 22.6 Å². The largest absolute Gasteiger partial charge is 0.495 e. The van der Waals surface area contributed by atoms with E-state index in [4.69, 9.17) is 14.2 Å². The molecule has 0 aromatic heterocycles. The number of esters is 1. The van der Waals surface area contributed by atoms with E-state index < -0.39 is 11.9 Å². The Balaban J connectivity index is 2.75. The van der Waals surface area contributed by atoms with Crippen LogP contribution in [0.25, 0.3) is 5.57 Å². The van der Waals surface area contributed by atoms with E-state index in [9.17, 15) is 14.7 Å². The Hall–Kier alpha value is -2.32. The summed E-state index contributed by atoms with van der Waals surface area (Å²) in [6, 6.07) is 6.93. The van der Waals surface area contributed by atoms with Gasteiger partial charge in [-0.1, -0.05) is 25.8 Å². The molecule has 0 aliphatic heterocycles. The number of halogens is 2. The summed E-state index contributed by atoms with van der Waals surface area (Å²) in [6.45, 7) is 2.13. The first-order chi connectivity index (χ1) is 15.3. The molecule has 0 spiro atoms. The van der Waals surface area contributed by atoms with E-state index in [2.05, 4.69) is 44.9 Å². The molecule has 0 bridgehead atoms. The van der Waals surface area contributed by atoms with Gasteiger partial charge in [-0.3, -0.25) is 0 Å². The SMILES string of the molecule is CCCCCC=C(c1cc(Br)c(OC)c(C(=O)O)c1)c1cc(Br)c(OC)c(C(=O)OC)c1. The molecule has 6 nitrogen and oxygen atoms in total. The third kappa shape index (κ3) is 5.92. The molecule has 0 atom stereocenters. The lowest BCUT2D eigenvalue weighted by Crippen LogP contribution is -2.06. The second-order valence-corrected chi connectivity index (χ2v) is 8.70. The van der Waals surface area contributed by atoms with Crippen molar-refractivity contribution < 1.29 is 28.9 Å². The van der Waals surface area contributed by atoms with Crippen LogP contribution in [-0.4, -0.2) is 38.4 Å². The van der Waals surface area contributed by atoms with E-state index in [1.54, 1.807) is 12.1 Å². The van der Waals surface area contributed by atoms with Crippen LogP contribution in [-0.2, 0) is 4.74 Å². The zero-order valence-corrected chi connectivity index (χ0v) is 21.6. The van der Waals surface area contributed by atoms with Gasteiger partial charge in [0.05, 0.1) is 30.3 Å². The van der Waals surface area contributed by atoms with Crippen LogP contribution in [0.5, 0.6) is 11.5 Å². The highest BCUT2D eigenvalue weighted by molar-refractivity contribution is 9.11. The minimum atomic E-state index is -1.10. The number of methoxy groups -OCH3 is 3. The van der Waals surface area contributed by atoms with E-state index in [1.807, 2.05) is 12.1 Å². The lowest BCUT2D eigenvalue weighted by molar-refractivity contribution is 0.0596. The number of carbonyl (C=O) groups is 2. The third-order valence-electron chi connectivity index (χ3n) is 4.91. The Kier molecular flexibility index (Phi) is 9.78. The van der Waals surface area contributed by atoms with Crippen LogP contribution in [0.2, 0.25) is 0 Å². The summed E-state index contributed by atoms with van der Waals surface area (Å²) in [5, 5.41) is 9.70. The number of benzene rings is 2. The summed E-state index contributed by atoms with van der Waals surface area (Å²) in [6.07, 6.45) is 6.01. The van der Waals surface area contributed by atoms with Crippen LogP contribution in [0.15, 0.2) is 39.3 Å². The number of carbonyl (C=O) groups excluding carboxylic acids is 1. The number of hydrogen-bond acceptors (Lipinski definition) is 5. The van der Waals surface area contributed by atoms with Crippen LogP contribution in [0.1, 0.15) is 64.4 Å². The molecule has 0 aliphatic carbocycles. The fourth-order valence-electron chi connectivity index (χ4n) is 3.38. The molecule has 0 aliphatic rings. The molecular weight excluding hydrogens is 544 g/mol. The fourth-order valence-corrected chi connectivity index (χ4v) is 4.62. The molecule has 2 aromatic carbocycles. The van der Waals surface area contributed by atoms with Gasteiger partial charge in [-0.25, -0.2) is 9.59 Å². The van der Waals surface area contributed by atoms with Crippen LogP contribution in [0.3, 0.4) is 0 Å². The van der Waals surface area contributed by atoms with Gasteiger partial charge < -0.3 is 19.3 Å². The molecule has 0 radical (unpaired) electrons. The normalized spacial score (nSPS) is 11.2. The Morgan fingerprint density at radius 3 is 1.91 bits per heavy atom. The summed E-state index contributed by atoms with van der Waals surface area (Å²) >= 11 is 6.91. The predicted molar refractivity (Wildman–Crippen MR) is 131 cm³/mol. The first kappa shape index (κ1) is 25.9. The number of hydrogen-bond donors (Lipinski definition) is 1. The zero-order valence-electron chi connectivity index (χ0n) is 18.5. The second-order valence-electron chi connectivity index (χ2n) is 6.99. The number of ether oxygens (including phenoxy) is 3. The molecule has 8 heteroatoms. The monoisotopic (exact) mass is 568 g/mol. The summed E-state index contributed by atoms with van der Waals surface area (Å²) in [4.78, 5) is 24.3. The van der Waals surface area contributed by atoms with Gasteiger partial charge >= 0.3 is 11.9 Å². The number of aromatic carboxylic acids is 1. The highest BCUT2D eigenvalue weighted by Crippen LogP contribution is 2.39. The zero-order chi connectivity index (χ0) is 23.8. The Morgan fingerprint density at radius 2 is 1.44 bits per heavy atom. The standard InChI is InChI=1S/C24H26Br2O6/c1-5-6-7-8-9-16(14-10-17(23(27)28)21(30-2)19(25)12-14)15-11-18(24(29)32-4)22(31-3)20(26)13-15/h9-13H,5-8H2,1-4H3,(H,27,28). The van der Waals surface area contributed by atoms with Crippen molar-refractivity contribution in [1.82, 2.24) is 0 Å². The van der Waals surface area contributed by atoms with Gasteiger partial charge in [-0.2, -0.15) is 0 Å². The van der Waals surface area contributed by atoms with E-state index in [-0.39, 0.29) is 16.9 Å². The van der Waals surface area contributed by atoms with E-state index in [0.29, 0.717) is 20.3 Å². The van der Waals surface area contributed by atoms with Gasteiger partial charge in [0.2, 0.25) is 0 Å². The van der Waals surface area contributed by atoms with Crippen molar-refractivity contribution in [3.8, 4) is 11.5 Å². The Labute approximate surface area is 204 Å². The number of allylic oxidation sites excluding steroid dienone is 1. The van der Waals surface area contributed by atoms with Crippen LogP contribution in [0, 0.1) is 0 Å². The Bertz CT molecular complexity index is 1030. The molecule has 172 valence electrons. The van der Waals surface area contributed by atoms with Gasteiger partial charge in [-0.15, -0.1) is 0 Å². The van der Waals surface area contributed by atoms with Gasteiger partial charge in [-0.05, 0) is 85.7 Å². The van der Waals surface area contributed by atoms with E-state index >= 15 is 0 Å². The number of carboxylic acids is 1. The molecule has 0 unspecified atom stereocenters. The lowest BCUT2D eigenvalue weighted by Gasteiger charge is -2.16. The van der Waals surface area contributed by atoms with Crippen molar-refractivity contribution in [3.63, 3.8) is 0 Å². The molecule has 32 heavy (non-hydrogen) atoms. The molecule has 0 heterocycles. The molecule has 0 amide bonds. The highest BCUT2D eigenvalue weighted by Gasteiger charge is 2.22. The minimum Gasteiger partial charge on any atom is -0.495 e. The van der Waals surface area contributed by atoms with Crippen molar-refractivity contribution in [3.05, 3.63) is 61.5 Å². The molecule has 1 N–H and O–H groups in total. The number of unbranched alkanes of at least 4 members (excludes halogenated alkanes) is 3. The summed E-state index contributed by atoms with van der Waals surface area (Å²) in [5.41, 5.74) is 2.50. The van der Waals surface area contributed by atoms with Crippen LogP contribution in [0.4, 0.5) is 0 Å². The average Bonchev–Trinajstić information content (AvgIpc) is 2.77. The smallest absolute Gasteiger partial charge is 0.341 e. The fraction of sp³-hybridized carbons (Fsp3) is 0.333. The second kappa shape index (κ2) is 12.1. The summed E-state index contributed by atoms with van der Waals surface area (Å²) < 4.78 is 16.7. The number of rotatable bonds is 10. The quantitative estimate of drug-likeness (QED) is 0.252. The molecule has 0 fully saturated rings. The van der Waals surface area contributed by atoms with Crippen molar-refractivity contribution in [2.24, 2.45) is 0 Å². The molecule has 0 saturated carbocycles. The molecular formula is C24H26Br2O6. The lowest BCUT2D eigenvalue weighted by atomic mass is 9.93. The summed E-state index contributed by atoms with van der Waals surface area (Å²) in [7, 11) is 4.22. The van der Waals surface area contributed by atoms with Crippen molar-refractivity contribution in [2.75, 3.05) is 21.3 Å². The summed E-state index contributed by atoms with van der Waals surface area (Å²) in [5.74, 6) is -1.01. The minimum absolute atomic E-state index is 0.0390. The first-order valence-electron chi connectivity index (χ1n) is 10.1. The van der Waals surface area contributed by atoms with Crippen molar-refractivity contribution >= 4 is 49.4 Å². The van der Waals surface area contributed by atoms with Gasteiger partial charge in [0.15, 0.2) is 0 Å². The highest BCUT2D eigenvalue weighted by atomic mass is 79.9. The van der Waals surface area contributed by atoms with Crippen molar-refractivity contribution in [2.45, 2.75) is 32.6 Å². The maximum Gasteiger partial charge on any atom is 0.341 e. The maximum absolute atomic E-state index is 12.4. The first-order valence-corrected chi connectivity index (χ1v) is 11.6. The maximum atomic E-state index is 12.4. The topological polar surface area (TPSA) is 82.1 Å². The molecule has 2 rings (SSSR count). The molecule has 0 saturated heterocycles.